The minimum atomic E-state index is -0.305. The lowest BCUT2D eigenvalue weighted by Crippen LogP contribution is -2.48. The molecule has 0 unspecified atom stereocenters. The largest absolute Gasteiger partial charge is 0.462 e. The van der Waals surface area contributed by atoms with Crippen LogP contribution in [0, 0.1) is 0 Å². The van der Waals surface area contributed by atoms with Crippen LogP contribution in [0.15, 0.2) is 0 Å². The Kier molecular flexibility index (Phi) is 7.26. The summed E-state index contributed by atoms with van der Waals surface area (Å²) in [6.07, 6.45) is 5.29. The molecule has 1 aliphatic carbocycles. The van der Waals surface area contributed by atoms with Gasteiger partial charge in [-0.05, 0) is 51.1 Å². The number of thiophene rings is 1. The lowest BCUT2D eigenvalue weighted by Gasteiger charge is -2.34. The fourth-order valence-electron chi connectivity index (χ4n) is 3.93. The van der Waals surface area contributed by atoms with Gasteiger partial charge < -0.3 is 15.0 Å². The molecule has 3 rings (SSSR count). The summed E-state index contributed by atoms with van der Waals surface area (Å²) in [5, 5.41) is 3.69. The Morgan fingerprint density at radius 1 is 1.07 bits per heavy atom. The Bertz CT molecular complexity index is 666. The molecule has 1 aromatic rings. The highest BCUT2D eigenvalue weighted by Crippen LogP contribution is 2.38. The molecular weight excluding hydrogens is 362 g/mol. The zero-order valence-electron chi connectivity index (χ0n) is 16.5. The molecular formula is C20H31N3O3S. The Labute approximate surface area is 165 Å². The summed E-state index contributed by atoms with van der Waals surface area (Å²) in [4.78, 5) is 31.0. The van der Waals surface area contributed by atoms with Crippen molar-refractivity contribution in [2.24, 2.45) is 0 Å². The molecule has 1 aromatic heterocycles. The second-order valence-electron chi connectivity index (χ2n) is 7.30. The highest BCUT2D eigenvalue weighted by Gasteiger charge is 2.27. The molecule has 0 saturated carbocycles. The first-order chi connectivity index (χ1) is 13.1. The zero-order chi connectivity index (χ0) is 19.2. The summed E-state index contributed by atoms with van der Waals surface area (Å²) in [6.45, 7) is 9.73. The second kappa shape index (κ2) is 9.66. The maximum atomic E-state index is 12.6. The molecule has 1 fully saturated rings. The van der Waals surface area contributed by atoms with Crippen LogP contribution in [-0.4, -0.2) is 67.6 Å². The van der Waals surface area contributed by atoms with Crippen LogP contribution in [0.4, 0.5) is 5.00 Å². The monoisotopic (exact) mass is 393 g/mol. The minimum absolute atomic E-state index is 0.0388. The van der Waals surface area contributed by atoms with E-state index in [1.165, 1.54) is 11.3 Å². The maximum absolute atomic E-state index is 12.6. The van der Waals surface area contributed by atoms with Crippen LogP contribution in [-0.2, 0) is 22.4 Å². The van der Waals surface area contributed by atoms with E-state index in [9.17, 15) is 9.59 Å². The number of nitrogens with one attached hydrogen (secondary N) is 1. The van der Waals surface area contributed by atoms with Gasteiger partial charge in [-0.25, -0.2) is 4.79 Å². The molecule has 1 saturated heterocycles. The van der Waals surface area contributed by atoms with E-state index in [4.69, 9.17) is 4.74 Å². The molecule has 0 bridgehead atoms. The fraction of sp³-hybridized carbons (Fsp3) is 0.700. The number of anilines is 1. The molecule has 6 nitrogen and oxygen atoms in total. The average Bonchev–Trinajstić information content (AvgIpc) is 3.01. The Morgan fingerprint density at radius 3 is 2.48 bits per heavy atom. The molecule has 0 radical (unpaired) electrons. The zero-order valence-corrected chi connectivity index (χ0v) is 17.3. The maximum Gasteiger partial charge on any atom is 0.341 e. The SMILES string of the molecule is CCCN1CCN(CC(=O)Nc2sc3c(c2C(=O)OCC)CCCC3)CC1. The van der Waals surface area contributed by atoms with Crippen molar-refractivity contribution in [2.75, 3.05) is 51.2 Å². The van der Waals surface area contributed by atoms with Gasteiger partial charge in [-0.2, -0.15) is 0 Å². The van der Waals surface area contributed by atoms with Gasteiger partial charge in [0.25, 0.3) is 0 Å². The fourth-order valence-corrected chi connectivity index (χ4v) is 5.22. The first-order valence-electron chi connectivity index (χ1n) is 10.2. The van der Waals surface area contributed by atoms with Gasteiger partial charge in [-0.15, -0.1) is 11.3 Å². The number of piperazine rings is 1. The number of rotatable bonds is 7. The number of aryl methyl sites for hydroxylation is 1. The van der Waals surface area contributed by atoms with Crippen LogP contribution in [0.2, 0.25) is 0 Å². The van der Waals surface area contributed by atoms with Crippen LogP contribution in [0.25, 0.3) is 0 Å². The highest BCUT2D eigenvalue weighted by atomic mass is 32.1. The number of hydrogen-bond donors (Lipinski definition) is 1. The second-order valence-corrected chi connectivity index (χ2v) is 8.41. The predicted molar refractivity (Wildman–Crippen MR) is 109 cm³/mol. The number of nitrogens with zero attached hydrogens (tertiary/aromatic N) is 2. The summed E-state index contributed by atoms with van der Waals surface area (Å²) in [7, 11) is 0. The quantitative estimate of drug-likeness (QED) is 0.722. The third-order valence-electron chi connectivity index (χ3n) is 5.28. The number of carbonyl (C=O) groups excluding carboxylic acids is 2. The topological polar surface area (TPSA) is 61.9 Å². The standard InChI is InChI=1S/C20H31N3O3S/c1-3-9-22-10-12-23(13-11-22)14-17(24)21-19-18(20(25)26-4-2)15-7-5-6-8-16(15)27-19/h3-14H2,1-2H3,(H,21,24). The van der Waals surface area contributed by atoms with Crippen molar-refractivity contribution in [3.8, 4) is 0 Å². The Hall–Kier alpha value is -1.44. The first-order valence-corrected chi connectivity index (χ1v) is 11.0. The number of esters is 1. The first kappa shape index (κ1) is 20.3. The normalized spacial score (nSPS) is 18.1. The molecule has 7 heteroatoms. The van der Waals surface area contributed by atoms with Crippen LogP contribution in [0.3, 0.4) is 0 Å². The van der Waals surface area contributed by atoms with E-state index in [-0.39, 0.29) is 11.9 Å². The van der Waals surface area contributed by atoms with Crippen LogP contribution in [0.1, 0.15) is 53.9 Å². The molecule has 2 aliphatic rings. The molecule has 0 atom stereocenters. The van der Waals surface area contributed by atoms with Gasteiger partial charge in [0, 0.05) is 31.1 Å². The molecule has 1 aliphatic heterocycles. The van der Waals surface area contributed by atoms with Gasteiger partial charge in [0.05, 0.1) is 18.7 Å². The summed E-state index contributed by atoms with van der Waals surface area (Å²) in [6, 6.07) is 0. The van der Waals surface area contributed by atoms with E-state index in [1.807, 2.05) is 6.92 Å². The van der Waals surface area contributed by atoms with Crippen molar-refractivity contribution in [1.29, 1.82) is 0 Å². The Balaban J connectivity index is 1.64. The van der Waals surface area contributed by atoms with E-state index in [1.54, 1.807) is 11.3 Å². The van der Waals surface area contributed by atoms with Crippen molar-refractivity contribution in [3.05, 3.63) is 16.0 Å². The highest BCUT2D eigenvalue weighted by molar-refractivity contribution is 7.17. The van der Waals surface area contributed by atoms with Crippen LogP contribution >= 0.6 is 11.3 Å². The number of amides is 1. The lowest BCUT2D eigenvalue weighted by atomic mass is 9.95. The van der Waals surface area contributed by atoms with Gasteiger partial charge in [0.2, 0.25) is 5.91 Å². The van der Waals surface area contributed by atoms with Crippen molar-refractivity contribution >= 4 is 28.2 Å². The molecule has 1 N–H and O–H groups in total. The molecule has 2 heterocycles. The minimum Gasteiger partial charge on any atom is -0.462 e. The van der Waals surface area contributed by atoms with Crippen molar-refractivity contribution < 1.29 is 14.3 Å². The third kappa shape index (κ3) is 5.09. The van der Waals surface area contributed by atoms with Crippen LogP contribution < -0.4 is 5.32 Å². The van der Waals surface area contributed by atoms with Crippen molar-refractivity contribution in [1.82, 2.24) is 9.80 Å². The number of ether oxygens (including phenoxy) is 1. The van der Waals surface area contributed by atoms with Gasteiger partial charge in [0.1, 0.15) is 5.00 Å². The summed E-state index contributed by atoms with van der Waals surface area (Å²) < 4.78 is 5.26. The number of hydrogen-bond acceptors (Lipinski definition) is 6. The van der Waals surface area contributed by atoms with Crippen molar-refractivity contribution in [2.45, 2.75) is 46.0 Å². The summed E-state index contributed by atoms with van der Waals surface area (Å²) in [5.41, 5.74) is 1.69. The lowest BCUT2D eigenvalue weighted by molar-refractivity contribution is -0.117. The average molecular weight is 394 g/mol. The third-order valence-corrected chi connectivity index (χ3v) is 6.48. The molecule has 27 heavy (non-hydrogen) atoms. The van der Waals surface area contributed by atoms with Gasteiger partial charge in [-0.3, -0.25) is 9.69 Å². The van der Waals surface area contributed by atoms with Crippen LogP contribution in [0.5, 0.6) is 0 Å². The number of carbonyl (C=O) groups is 2. The van der Waals surface area contributed by atoms with Crippen molar-refractivity contribution in [3.63, 3.8) is 0 Å². The Morgan fingerprint density at radius 2 is 1.78 bits per heavy atom. The van der Waals surface area contributed by atoms with E-state index in [0.717, 1.165) is 64.0 Å². The molecule has 150 valence electrons. The van der Waals surface area contributed by atoms with Gasteiger partial charge in [-0.1, -0.05) is 6.92 Å². The van der Waals surface area contributed by atoms with E-state index in [2.05, 4.69) is 22.0 Å². The summed E-state index contributed by atoms with van der Waals surface area (Å²) >= 11 is 1.55. The molecule has 0 spiro atoms. The smallest absolute Gasteiger partial charge is 0.341 e. The summed E-state index contributed by atoms with van der Waals surface area (Å²) in [5.74, 6) is -0.344. The van der Waals surface area contributed by atoms with Gasteiger partial charge >= 0.3 is 5.97 Å². The van der Waals surface area contributed by atoms with E-state index < -0.39 is 0 Å². The number of fused-ring (bicyclic) bond motifs is 1. The predicted octanol–water partition coefficient (Wildman–Crippen LogP) is 2.77. The van der Waals surface area contributed by atoms with Gasteiger partial charge in [0.15, 0.2) is 0 Å². The van der Waals surface area contributed by atoms with E-state index in [0.29, 0.717) is 23.7 Å². The molecule has 0 aromatic carbocycles. The molecule has 1 amide bonds. The van der Waals surface area contributed by atoms with E-state index >= 15 is 0 Å².